The van der Waals surface area contributed by atoms with Crippen molar-refractivity contribution in [3.05, 3.63) is 35.6 Å². The van der Waals surface area contributed by atoms with Crippen LogP contribution >= 0.6 is 0 Å². The summed E-state index contributed by atoms with van der Waals surface area (Å²) < 4.78 is 13.5. The van der Waals surface area contributed by atoms with Crippen LogP contribution < -0.4 is 5.32 Å². The van der Waals surface area contributed by atoms with Gasteiger partial charge in [0.2, 0.25) is 0 Å². The van der Waals surface area contributed by atoms with E-state index in [2.05, 4.69) is 18.2 Å². The average molecular weight is 219 g/mol. The Bertz CT molecular complexity index is 367. The Balaban J connectivity index is 2.68. The largest absolute Gasteiger partial charge is 0.306 e. The molecular weight excluding hydrogens is 201 g/mol. The van der Waals surface area contributed by atoms with Crippen molar-refractivity contribution >= 4 is 0 Å². The molecule has 0 heterocycles. The predicted octanol–water partition coefficient (Wildman–Crippen LogP) is 3.28. The summed E-state index contributed by atoms with van der Waals surface area (Å²) in [6.07, 6.45) is 6.91. The highest BCUT2D eigenvalue weighted by atomic mass is 19.1. The molecule has 1 nitrogen and oxygen atoms in total. The van der Waals surface area contributed by atoms with Crippen molar-refractivity contribution in [2.45, 2.75) is 38.8 Å². The minimum atomic E-state index is -0.168. The van der Waals surface area contributed by atoms with Gasteiger partial charge in [-0.15, -0.1) is 12.3 Å². The van der Waals surface area contributed by atoms with Crippen LogP contribution in [-0.2, 0) is 0 Å². The molecule has 2 heteroatoms. The first-order valence-electron chi connectivity index (χ1n) is 5.63. The maximum Gasteiger partial charge on any atom is 0.127 e. The van der Waals surface area contributed by atoms with Gasteiger partial charge in [-0.1, -0.05) is 25.1 Å². The first-order chi connectivity index (χ1) is 7.69. The summed E-state index contributed by atoms with van der Waals surface area (Å²) in [4.78, 5) is 0. The maximum absolute atomic E-state index is 13.5. The molecule has 1 aromatic rings. The van der Waals surface area contributed by atoms with E-state index < -0.39 is 0 Å². The standard InChI is InChI=1S/C14H18FN/c1-4-8-12(5-2)16-11(3)13-9-6-7-10-14(13)15/h1,6-7,9-12,16H,5,8H2,2-3H3. The van der Waals surface area contributed by atoms with Crippen LogP contribution in [0.2, 0.25) is 0 Å². The van der Waals surface area contributed by atoms with Crippen LogP contribution in [0.5, 0.6) is 0 Å². The van der Waals surface area contributed by atoms with Gasteiger partial charge in [-0.25, -0.2) is 4.39 Å². The van der Waals surface area contributed by atoms with E-state index in [-0.39, 0.29) is 17.9 Å². The lowest BCUT2D eigenvalue weighted by Gasteiger charge is -2.21. The van der Waals surface area contributed by atoms with E-state index >= 15 is 0 Å². The van der Waals surface area contributed by atoms with E-state index in [9.17, 15) is 4.39 Å². The molecule has 2 atom stereocenters. The van der Waals surface area contributed by atoms with Gasteiger partial charge in [0.15, 0.2) is 0 Å². The van der Waals surface area contributed by atoms with Crippen molar-refractivity contribution in [3.8, 4) is 12.3 Å². The van der Waals surface area contributed by atoms with Gasteiger partial charge in [0.05, 0.1) is 0 Å². The normalized spacial score (nSPS) is 14.1. The van der Waals surface area contributed by atoms with Crippen LogP contribution in [0, 0.1) is 18.2 Å². The zero-order valence-corrected chi connectivity index (χ0v) is 9.83. The van der Waals surface area contributed by atoms with Gasteiger partial charge in [-0.2, -0.15) is 0 Å². The fourth-order valence-corrected chi connectivity index (χ4v) is 1.73. The molecule has 0 saturated heterocycles. The van der Waals surface area contributed by atoms with Crippen molar-refractivity contribution in [2.75, 3.05) is 0 Å². The Kier molecular flexibility index (Phi) is 5.01. The number of halogens is 1. The van der Waals surface area contributed by atoms with Gasteiger partial charge in [-0.05, 0) is 19.4 Å². The summed E-state index contributed by atoms with van der Waals surface area (Å²) in [5.41, 5.74) is 0.693. The second kappa shape index (κ2) is 6.30. The van der Waals surface area contributed by atoms with E-state index in [1.54, 1.807) is 12.1 Å². The average Bonchev–Trinajstić information content (AvgIpc) is 2.28. The zero-order chi connectivity index (χ0) is 12.0. The minimum Gasteiger partial charge on any atom is -0.306 e. The van der Waals surface area contributed by atoms with Crippen LogP contribution in [0.4, 0.5) is 4.39 Å². The lowest BCUT2D eigenvalue weighted by Crippen LogP contribution is -2.31. The van der Waals surface area contributed by atoms with Gasteiger partial charge in [0, 0.05) is 24.1 Å². The Morgan fingerprint density at radius 1 is 1.44 bits per heavy atom. The third-order valence-corrected chi connectivity index (χ3v) is 2.71. The molecule has 0 aliphatic rings. The van der Waals surface area contributed by atoms with Crippen molar-refractivity contribution in [2.24, 2.45) is 0 Å². The van der Waals surface area contributed by atoms with Crippen molar-refractivity contribution in [1.82, 2.24) is 5.32 Å². The van der Waals surface area contributed by atoms with Crippen molar-refractivity contribution in [3.63, 3.8) is 0 Å². The van der Waals surface area contributed by atoms with E-state index in [0.717, 1.165) is 6.42 Å². The number of terminal acetylenes is 1. The molecule has 0 aliphatic heterocycles. The molecule has 1 aromatic carbocycles. The molecule has 1 rings (SSSR count). The SMILES string of the molecule is C#CCC(CC)NC(C)c1ccccc1F. The molecule has 1 N–H and O–H groups in total. The second-order valence-corrected chi connectivity index (χ2v) is 3.92. The fourth-order valence-electron chi connectivity index (χ4n) is 1.73. The molecule has 2 unspecified atom stereocenters. The number of hydrogen-bond donors (Lipinski definition) is 1. The van der Waals surface area contributed by atoms with Crippen LogP contribution in [0.1, 0.15) is 38.3 Å². The zero-order valence-electron chi connectivity index (χ0n) is 9.83. The highest BCUT2D eigenvalue weighted by molar-refractivity contribution is 5.20. The molecule has 0 bridgehead atoms. The van der Waals surface area contributed by atoms with Gasteiger partial charge in [0.25, 0.3) is 0 Å². The number of benzene rings is 1. The highest BCUT2D eigenvalue weighted by Gasteiger charge is 2.13. The molecule has 0 aromatic heterocycles. The van der Waals surface area contributed by atoms with Crippen molar-refractivity contribution in [1.29, 1.82) is 0 Å². The van der Waals surface area contributed by atoms with Crippen LogP contribution in [-0.4, -0.2) is 6.04 Å². The number of hydrogen-bond acceptors (Lipinski definition) is 1. The first-order valence-corrected chi connectivity index (χ1v) is 5.63. The summed E-state index contributed by atoms with van der Waals surface area (Å²) in [5, 5.41) is 3.34. The number of rotatable bonds is 5. The van der Waals surface area contributed by atoms with Gasteiger partial charge < -0.3 is 5.32 Å². The molecule has 86 valence electrons. The third-order valence-electron chi connectivity index (χ3n) is 2.71. The minimum absolute atomic E-state index is 0.0144. The summed E-state index contributed by atoms with van der Waals surface area (Å²) >= 11 is 0. The number of nitrogens with one attached hydrogen (secondary N) is 1. The van der Waals surface area contributed by atoms with Crippen LogP contribution in [0.3, 0.4) is 0 Å². The molecule has 0 saturated carbocycles. The van der Waals surface area contributed by atoms with E-state index in [1.165, 1.54) is 6.07 Å². The van der Waals surface area contributed by atoms with Gasteiger partial charge >= 0.3 is 0 Å². The van der Waals surface area contributed by atoms with Crippen LogP contribution in [0.25, 0.3) is 0 Å². The third kappa shape index (κ3) is 3.36. The Morgan fingerprint density at radius 2 is 2.12 bits per heavy atom. The summed E-state index contributed by atoms with van der Waals surface area (Å²) in [7, 11) is 0. The predicted molar refractivity (Wildman–Crippen MR) is 65.5 cm³/mol. The summed E-state index contributed by atoms with van der Waals surface area (Å²) in [5.74, 6) is 2.47. The van der Waals surface area contributed by atoms with Gasteiger partial charge in [0.1, 0.15) is 5.82 Å². The molecule has 0 spiro atoms. The topological polar surface area (TPSA) is 12.0 Å². The molecule has 0 fully saturated rings. The van der Waals surface area contributed by atoms with E-state index in [0.29, 0.717) is 12.0 Å². The Hall–Kier alpha value is -1.33. The molecule has 0 aliphatic carbocycles. The lowest BCUT2D eigenvalue weighted by molar-refractivity contribution is 0.437. The summed E-state index contributed by atoms with van der Waals surface area (Å²) in [6, 6.07) is 7.06. The Labute approximate surface area is 97.1 Å². The molecule has 0 radical (unpaired) electrons. The maximum atomic E-state index is 13.5. The van der Waals surface area contributed by atoms with Crippen molar-refractivity contribution < 1.29 is 4.39 Å². The van der Waals surface area contributed by atoms with E-state index in [1.807, 2.05) is 13.0 Å². The Morgan fingerprint density at radius 3 is 2.69 bits per heavy atom. The monoisotopic (exact) mass is 219 g/mol. The highest BCUT2D eigenvalue weighted by Crippen LogP contribution is 2.17. The quantitative estimate of drug-likeness (QED) is 0.749. The molecular formula is C14H18FN. The second-order valence-electron chi connectivity index (χ2n) is 3.92. The first kappa shape index (κ1) is 12.7. The fraction of sp³-hybridized carbons (Fsp3) is 0.429. The molecule has 0 amide bonds. The smallest absolute Gasteiger partial charge is 0.127 e. The van der Waals surface area contributed by atoms with Gasteiger partial charge in [-0.3, -0.25) is 0 Å². The molecule has 16 heavy (non-hydrogen) atoms. The summed E-state index contributed by atoms with van der Waals surface area (Å²) in [6.45, 7) is 4.03. The van der Waals surface area contributed by atoms with Crippen LogP contribution in [0.15, 0.2) is 24.3 Å². The van der Waals surface area contributed by atoms with E-state index in [4.69, 9.17) is 6.42 Å². The lowest BCUT2D eigenvalue weighted by atomic mass is 10.0.